The van der Waals surface area contributed by atoms with Crippen molar-refractivity contribution >= 4 is 23.1 Å². The van der Waals surface area contributed by atoms with Gasteiger partial charge in [-0.15, -0.1) is 0 Å². The zero-order chi connectivity index (χ0) is 11.4. The Morgan fingerprint density at radius 2 is 2.27 bits per heavy atom. The van der Waals surface area contributed by atoms with Crippen molar-refractivity contribution in [3.63, 3.8) is 0 Å². The third-order valence-corrected chi connectivity index (χ3v) is 2.49. The number of nitrogens with zero attached hydrogens (tertiary/aromatic N) is 3. The van der Waals surface area contributed by atoms with Crippen molar-refractivity contribution in [1.29, 1.82) is 0 Å². The van der Waals surface area contributed by atoms with Crippen LogP contribution in [0.5, 0.6) is 0 Å². The van der Waals surface area contributed by atoms with Gasteiger partial charge < -0.3 is 10.6 Å². The molecule has 0 aliphatic heterocycles. The molecule has 80 valence electrons. The highest BCUT2D eigenvalue weighted by atomic mass is 32.1. The summed E-state index contributed by atoms with van der Waals surface area (Å²) in [6, 6.07) is 1.32. The van der Waals surface area contributed by atoms with E-state index in [2.05, 4.69) is 10.2 Å². The first-order valence-corrected chi connectivity index (χ1v) is 4.78. The molecule has 0 bridgehead atoms. The van der Waals surface area contributed by atoms with Gasteiger partial charge in [0.05, 0.1) is 29.0 Å². The van der Waals surface area contributed by atoms with Crippen LogP contribution in [0.2, 0.25) is 0 Å². The van der Waals surface area contributed by atoms with Crippen molar-refractivity contribution in [2.75, 3.05) is 7.05 Å². The molecule has 2 N–H and O–H groups in total. The first-order valence-electron chi connectivity index (χ1n) is 4.37. The van der Waals surface area contributed by atoms with Crippen molar-refractivity contribution in [2.24, 2.45) is 5.73 Å². The Morgan fingerprint density at radius 1 is 1.60 bits per heavy atom. The van der Waals surface area contributed by atoms with E-state index in [0.29, 0.717) is 5.56 Å². The van der Waals surface area contributed by atoms with Crippen molar-refractivity contribution in [1.82, 2.24) is 15.1 Å². The van der Waals surface area contributed by atoms with Crippen LogP contribution < -0.4 is 5.73 Å². The topological polar surface area (TPSA) is 72.1 Å². The maximum Gasteiger partial charge on any atom is 0.255 e. The number of hydrogen-bond donors (Lipinski definition) is 1. The minimum Gasteiger partial charge on any atom is -0.392 e. The van der Waals surface area contributed by atoms with Crippen LogP contribution in [0.25, 0.3) is 0 Å². The molecule has 0 aliphatic carbocycles. The number of likely N-dealkylation sites (N-methyl/N-ethyl adjacent to an activating group) is 1. The van der Waals surface area contributed by atoms with E-state index in [1.807, 2.05) is 0 Å². The zero-order valence-corrected chi connectivity index (χ0v) is 9.36. The van der Waals surface area contributed by atoms with E-state index in [-0.39, 0.29) is 16.9 Å². The minimum atomic E-state index is -0.277. The van der Waals surface area contributed by atoms with Crippen molar-refractivity contribution < 1.29 is 4.79 Å². The van der Waals surface area contributed by atoms with E-state index in [0.717, 1.165) is 0 Å². The molecule has 6 heteroatoms. The highest BCUT2D eigenvalue weighted by molar-refractivity contribution is 7.80. The largest absolute Gasteiger partial charge is 0.392 e. The number of nitrogens with two attached hydrogens (primary N) is 1. The summed E-state index contributed by atoms with van der Waals surface area (Å²) in [4.78, 5) is 13.6. The third kappa shape index (κ3) is 2.69. The zero-order valence-electron chi connectivity index (χ0n) is 8.54. The number of carbonyl (C=O) groups excluding carboxylic acids is 1. The molecule has 0 saturated carbocycles. The number of rotatable bonds is 3. The van der Waals surface area contributed by atoms with E-state index in [1.54, 1.807) is 20.0 Å². The number of thiocarbonyl (C=S) groups is 1. The van der Waals surface area contributed by atoms with E-state index >= 15 is 0 Å². The monoisotopic (exact) mass is 224 g/mol. The Balaban J connectivity index is 2.82. The quantitative estimate of drug-likeness (QED) is 0.744. The molecular formula is C9H12N4OS. The molecule has 0 aliphatic rings. The molecule has 1 amide bonds. The van der Waals surface area contributed by atoms with Crippen LogP contribution in [0.4, 0.5) is 0 Å². The number of carbonyl (C=O) groups is 1. The summed E-state index contributed by atoms with van der Waals surface area (Å²) in [6.07, 6.45) is 2.87. The van der Waals surface area contributed by atoms with E-state index in [4.69, 9.17) is 18.0 Å². The van der Waals surface area contributed by atoms with Gasteiger partial charge in [-0.1, -0.05) is 12.2 Å². The summed E-state index contributed by atoms with van der Waals surface area (Å²) in [5.41, 5.74) is 5.93. The normalized spacial score (nSPS) is 11.9. The molecule has 0 radical (unpaired) electrons. The summed E-state index contributed by atoms with van der Waals surface area (Å²) in [5.74, 6) is -0.176. The SMILES string of the molecule is CC(C(N)=S)N(C)C(=O)c1ccnnc1. The summed E-state index contributed by atoms with van der Waals surface area (Å²) < 4.78 is 0. The Hall–Kier alpha value is -1.56. The minimum absolute atomic E-state index is 0.176. The molecule has 15 heavy (non-hydrogen) atoms. The average Bonchev–Trinajstić information content (AvgIpc) is 2.27. The molecule has 1 rings (SSSR count). The predicted octanol–water partition coefficient (Wildman–Crippen LogP) is 0.223. The predicted molar refractivity (Wildman–Crippen MR) is 60.4 cm³/mol. The number of aromatic nitrogens is 2. The van der Waals surface area contributed by atoms with Gasteiger partial charge in [-0.25, -0.2) is 0 Å². The van der Waals surface area contributed by atoms with Crippen molar-refractivity contribution in [3.8, 4) is 0 Å². The van der Waals surface area contributed by atoms with Gasteiger partial charge in [0.25, 0.3) is 5.91 Å². The Kier molecular flexibility index (Phi) is 3.68. The van der Waals surface area contributed by atoms with Crippen LogP contribution in [-0.2, 0) is 0 Å². The highest BCUT2D eigenvalue weighted by Gasteiger charge is 2.19. The Labute approximate surface area is 93.3 Å². The lowest BCUT2D eigenvalue weighted by Gasteiger charge is -2.23. The molecule has 1 heterocycles. The molecule has 1 aromatic heterocycles. The van der Waals surface area contributed by atoms with Gasteiger partial charge in [0, 0.05) is 7.05 Å². The van der Waals surface area contributed by atoms with Crippen LogP contribution >= 0.6 is 12.2 Å². The maximum atomic E-state index is 11.8. The van der Waals surface area contributed by atoms with Crippen LogP contribution in [-0.4, -0.2) is 39.1 Å². The van der Waals surface area contributed by atoms with Crippen LogP contribution in [0.15, 0.2) is 18.5 Å². The molecule has 0 saturated heterocycles. The van der Waals surface area contributed by atoms with Crippen LogP contribution in [0.3, 0.4) is 0 Å². The van der Waals surface area contributed by atoms with Gasteiger partial charge in [0.1, 0.15) is 0 Å². The van der Waals surface area contributed by atoms with Crippen molar-refractivity contribution in [2.45, 2.75) is 13.0 Å². The second-order valence-electron chi connectivity index (χ2n) is 3.13. The average molecular weight is 224 g/mol. The molecule has 1 aromatic rings. The van der Waals surface area contributed by atoms with Crippen LogP contribution in [0, 0.1) is 0 Å². The van der Waals surface area contributed by atoms with E-state index in [1.165, 1.54) is 17.3 Å². The second-order valence-corrected chi connectivity index (χ2v) is 3.60. The Bertz CT molecular complexity index is 368. The summed E-state index contributed by atoms with van der Waals surface area (Å²) in [5, 5.41) is 7.23. The molecule has 5 nitrogen and oxygen atoms in total. The van der Waals surface area contributed by atoms with Gasteiger partial charge in [0.15, 0.2) is 0 Å². The molecular weight excluding hydrogens is 212 g/mol. The molecule has 1 unspecified atom stereocenters. The molecule has 1 atom stereocenters. The molecule has 0 spiro atoms. The summed E-state index contributed by atoms with van der Waals surface area (Å²) in [7, 11) is 1.65. The smallest absolute Gasteiger partial charge is 0.255 e. The third-order valence-electron chi connectivity index (χ3n) is 2.14. The fourth-order valence-electron chi connectivity index (χ4n) is 0.988. The first-order chi connectivity index (χ1) is 7.04. The van der Waals surface area contributed by atoms with Gasteiger partial charge in [-0.2, -0.15) is 10.2 Å². The maximum absolute atomic E-state index is 11.8. The van der Waals surface area contributed by atoms with Gasteiger partial charge in [0.2, 0.25) is 0 Å². The summed E-state index contributed by atoms with van der Waals surface area (Å²) in [6.45, 7) is 1.77. The summed E-state index contributed by atoms with van der Waals surface area (Å²) >= 11 is 4.82. The molecule has 0 fully saturated rings. The van der Waals surface area contributed by atoms with Gasteiger partial charge in [-0.3, -0.25) is 4.79 Å². The van der Waals surface area contributed by atoms with Crippen molar-refractivity contribution in [3.05, 3.63) is 24.0 Å². The lowest BCUT2D eigenvalue weighted by atomic mass is 10.2. The lowest BCUT2D eigenvalue weighted by molar-refractivity contribution is 0.0778. The lowest BCUT2D eigenvalue weighted by Crippen LogP contribution is -2.42. The van der Waals surface area contributed by atoms with Crippen LogP contribution in [0.1, 0.15) is 17.3 Å². The fourth-order valence-corrected chi connectivity index (χ4v) is 1.15. The van der Waals surface area contributed by atoms with E-state index in [9.17, 15) is 4.79 Å². The molecule has 0 aromatic carbocycles. The number of hydrogen-bond acceptors (Lipinski definition) is 4. The standard InChI is InChI=1S/C9H12N4OS/c1-6(8(10)15)13(2)9(14)7-3-4-11-12-5-7/h3-6H,1-2H3,(H2,10,15). The first kappa shape index (κ1) is 11.5. The second kappa shape index (κ2) is 4.79. The van der Waals surface area contributed by atoms with Gasteiger partial charge >= 0.3 is 0 Å². The van der Waals surface area contributed by atoms with Gasteiger partial charge in [-0.05, 0) is 13.0 Å². The Morgan fingerprint density at radius 3 is 2.73 bits per heavy atom. The van der Waals surface area contributed by atoms with E-state index < -0.39 is 0 Å². The fraction of sp³-hybridized carbons (Fsp3) is 0.333. The highest BCUT2D eigenvalue weighted by Crippen LogP contribution is 2.04. The number of amides is 1.